The maximum Gasteiger partial charge on any atom is 0.251 e. The molecule has 0 heterocycles. The molecule has 1 unspecified atom stereocenters. The molecule has 0 aliphatic rings. The van der Waals surface area contributed by atoms with Crippen LogP contribution < -0.4 is 10.6 Å². The molecule has 3 N–H and O–H groups in total. The number of amides is 2. The van der Waals surface area contributed by atoms with Gasteiger partial charge in [0.25, 0.3) is 5.91 Å². The summed E-state index contributed by atoms with van der Waals surface area (Å²) in [5.41, 5.74) is -0.208. The molecule has 1 atom stereocenters. The summed E-state index contributed by atoms with van der Waals surface area (Å²) >= 11 is 0. The molecule has 19 heavy (non-hydrogen) atoms. The minimum atomic E-state index is -0.872. The predicted molar refractivity (Wildman–Crippen MR) is 63.4 cm³/mol. The minimum absolute atomic E-state index is 0.0588. The number of carbonyl (C=O) groups excluding carboxylic acids is 2. The van der Waals surface area contributed by atoms with Crippen LogP contribution in [0.3, 0.4) is 0 Å². The molecule has 0 bridgehead atoms. The summed E-state index contributed by atoms with van der Waals surface area (Å²) in [6.45, 7) is 1.21. The van der Waals surface area contributed by atoms with E-state index < -0.39 is 29.6 Å². The maximum atomic E-state index is 12.9. The van der Waals surface area contributed by atoms with Gasteiger partial charge < -0.3 is 15.7 Å². The van der Waals surface area contributed by atoms with Crippen LogP contribution in [0.5, 0.6) is 0 Å². The van der Waals surface area contributed by atoms with Gasteiger partial charge in [0.2, 0.25) is 5.91 Å². The number of aliphatic hydroxyl groups is 1. The Morgan fingerprint density at radius 1 is 1.21 bits per heavy atom. The first-order valence-corrected chi connectivity index (χ1v) is 5.57. The third kappa shape index (κ3) is 5.43. The summed E-state index contributed by atoms with van der Waals surface area (Å²) in [6.07, 6.45) is -0.697. The molecule has 0 saturated carbocycles. The molecule has 0 spiro atoms. The van der Waals surface area contributed by atoms with E-state index in [0.717, 1.165) is 12.1 Å². The standard InChI is InChI=1S/C12H14F2N2O3/c1-7(17)5-15-11(18)6-16-12(19)8-2-9(13)4-10(14)3-8/h2-4,7,17H,5-6H2,1H3,(H,15,18)(H,16,19). The average molecular weight is 272 g/mol. The Bertz CT molecular complexity index is 458. The quantitative estimate of drug-likeness (QED) is 0.716. The Kier molecular flexibility index (Phi) is 5.37. The van der Waals surface area contributed by atoms with E-state index in [1.165, 1.54) is 6.92 Å². The molecule has 7 heteroatoms. The lowest BCUT2D eigenvalue weighted by atomic mass is 10.2. The van der Waals surface area contributed by atoms with Crippen molar-refractivity contribution in [3.05, 3.63) is 35.4 Å². The maximum absolute atomic E-state index is 12.9. The van der Waals surface area contributed by atoms with Crippen molar-refractivity contribution in [2.24, 2.45) is 0 Å². The molecule has 0 fully saturated rings. The van der Waals surface area contributed by atoms with E-state index >= 15 is 0 Å². The van der Waals surface area contributed by atoms with Crippen molar-refractivity contribution in [1.29, 1.82) is 0 Å². The first kappa shape index (κ1) is 15.0. The number of rotatable bonds is 5. The largest absolute Gasteiger partial charge is 0.392 e. The monoisotopic (exact) mass is 272 g/mol. The molecule has 0 radical (unpaired) electrons. The first-order valence-electron chi connectivity index (χ1n) is 5.57. The van der Waals surface area contributed by atoms with E-state index in [4.69, 9.17) is 5.11 Å². The van der Waals surface area contributed by atoms with Crippen LogP contribution >= 0.6 is 0 Å². The van der Waals surface area contributed by atoms with Crippen molar-refractivity contribution in [1.82, 2.24) is 10.6 Å². The second-order valence-corrected chi connectivity index (χ2v) is 3.99. The average Bonchev–Trinajstić information content (AvgIpc) is 2.32. The third-order valence-corrected chi connectivity index (χ3v) is 2.13. The zero-order valence-corrected chi connectivity index (χ0v) is 10.2. The fourth-order valence-electron chi connectivity index (χ4n) is 1.27. The van der Waals surface area contributed by atoms with Gasteiger partial charge in [-0.05, 0) is 19.1 Å². The van der Waals surface area contributed by atoms with Crippen LogP contribution in [0.1, 0.15) is 17.3 Å². The molecule has 0 saturated heterocycles. The first-order chi connectivity index (χ1) is 8.88. The van der Waals surface area contributed by atoms with Crippen LogP contribution in [0.15, 0.2) is 18.2 Å². The fraction of sp³-hybridized carbons (Fsp3) is 0.333. The molecule has 2 amide bonds. The normalized spacial score (nSPS) is 11.8. The third-order valence-electron chi connectivity index (χ3n) is 2.13. The second kappa shape index (κ2) is 6.79. The summed E-state index contributed by atoms with van der Waals surface area (Å²) in [4.78, 5) is 22.7. The highest BCUT2D eigenvalue weighted by molar-refractivity contribution is 5.96. The molecule has 1 rings (SSSR count). The molecular formula is C12H14F2N2O3. The predicted octanol–water partition coefficient (Wildman–Crippen LogP) is 0.192. The van der Waals surface area contributed by atoms with Crippen molar-refractivity contribution >= 4 is 11.8 Å². The lowest BCUT2D eigenvalue weighted by Gasteiger charge is -2.08. The van der Waals surface area contributed by atoms with E-state index in [2.05, 4.69) is 10.6 Å². The van der Waals surface area contributed by atoms with Crippen LogP contribution in [0.4, 0.5) is 8.78 Å². The number of hydrogen-bond acceptors (Lipinski definition) is 3. The van der Waals surface area contributed by atoms with Gasteiger partial charge in [-0.1, -0.05) is 0 Å². The zero-order valence-electron chi connectivity index (χ0n) is 10.2. The van der Waals surface area contributed by atoms with Crippen LogP contribution in [-0.2, 0) is 4.79 Å². The van der Waals surface area contributed by atoms with Gasteiger partial charge in [0.1, 0.15) is 11.6 Å². The smallest absolute Gasteiger partial charge is 0.251 e. The van der Waals surface area contributed by atoms with E-state index in [1.54, 1.807) is 0 Å². The topological polar surface area (TPSA) is 78.4 Å². The van der Waals surface area contributed by atoms with Crippen molar-refractivity contribution < 1.29 is 23.5 Å². The molecule has 1 aromatic rings. The van der Waals surface area contributed by atoms with Gasteiger partial charge in [-0.3, -0.25) is 9.59 Å². The lowest BCUT2D eigenvalue weighted by Crippen LogP contribution is -2.39. The Morgan fingerprint density at radius 3 is 2.32 bits per heavy atom. The number of aliphatic hydroxyl groups excluding tert-OH is 1. The highest BCUT2D eigenvalue weighted by atomic mass is 19.1. The van der Waals surface area contributed by atoms with E-state index in [0.29, 0.717) is 6.07 Å². The second-order valence-electron chi connectivity index (χ2n) is 3.99. The van der Waals surface area contributed by atoms with Gasteiger partial charge in [-0.15, -0.1) is 0 Å². The molecule has 0 aliphatic carbocycles. The number of nitrogens with one attached hydrogen (secondary N) is 2. The highest BCUT2D eigenvalue weighted by Crippen LogP contribution is 2.07. The lowest BCUT2D eigenvalue weighted by molar-refractivity contribution is -0.120. The van der Waals surface area contributed by atoms with Crippen LogP contribution in [0, 0.1) is 11.6 Å². The fourth-order valence-corrected chi connectivity index (χ4v) is 1.27. The Morgan fingerprint density at radius 2 is 1.79 bits per heavy atom. The van der Waals surface area contributed by atoms with Crippen LogP contribution in [-0.4, -0.2) is 36.1 Å². The number of benzene rings is 1. The number of halogens is 2. The van der Waals surface area contributed by atoms with E-state index in [9.17, 15) is 18.4 Å². The van der Waals surface area contributed by atoms with Gasteiger partial charge in [0.15, 0.2) is 0 Å². The summed E-state index contributed by atoms with van der Waals surface area (Å²) < 4.78 is 25.7. The van der Waals surface area contributed by atoms with Crippen molar-refractivity contribution in [2.45, 2.75) is 13.0 Å². The van der Waals surface area contributed by atoms with Crippen molar-refractivity contribution in [3.8, 4) is 0 Å². The van der Waals surface area contributed by atoms with Crippen LogP contribution in [0.25, 0.3) is 0 Å². The van der Waals surface area contributed by atoms with Gasteiger partial charge in [0, 0.05) is 18.2 Å². The molecule has 0 aliphatic heterocycles. The van der Waals surface area contributed by atoms with Gasteiger partial charge in [0.05, 0.1) is 12.6 Å². The zero-order chi connectivity index (χ0) is 14.4. The van der Waals surface area contributed by atoms with Crippen LogP contribution in [0.2, 0.25) is 0 Å². The number of hydrogen-bond donors (Lipinski definition) is 3. The van der Waals surface area contributed by atoms with E-state index in [1.807, 2.05) is 0 Å². The van der Waals surface area contributed by atoms with Crippen molar-refractivity contribution in [3.63, 3.8) is 0 Å². The minimum Gasteiger partial charge on any atom is -0.392 e. The Hall–Kier alpha value is -2.02. The molecule has 5 nitrogen and oxygen atoms in total. The molecule has 104 valence electrons. The molecule has 1 aromatic carbocycles. The van der Waals surface area contributed by atoms with Crippen molar-refractivity contribution in [2.75, 3.05) is 13.1 Å². The Balaban J connectivity index is 2.49. The summed E-state index contributed by atoms with van der Waals surface area (Å²) in [5.74, 6) is -3.01. The summed E-state index contributed by atoms with van der Waals surface area (Å²) in [6, 6.07) is 2.38. The highest BCUT2D eigenvalue weighted by Gasteiger charge is 2.10. The molecular weight excluding hydrogens is 258 g/mol. The summed E-state index contributed by atoms with van der Waals surface area (Å²) in [7, 11) is 0. The van der Waals surface area contributed by atoms with Gasteiger partial charge in [-0.25, -0.2) is 8.78 Å². The molecule has 0 aromatic heterocycles. The van der Waals surface area contributed by atoms with E-state index in [-0.39, 0.29) is 18.7 Å². The Labute approximate surface area is 108 Å². The summed E-state index contributed by atoms with van der Waals surface area (Å²) in [5, 5.41) is 13.5. The van der Waals surface area contributed by atoms with Gasteiger partial charge in [-0.2, -0.15) is 0 Å². The number of carbonyl (C=O) groups is 2. The SMILES string of the molecule is CC(O)CNC(=O)CNC(=O)c1cc(F)cc(F)c1. The van der Waals surface area contributed by atoms with Gasteiger partial charge >= 0.3 is 0 Å².